The lowest BCUT2D eigenvalue weighted by Crippen LogP contribution is -2.55. The Labute approximate surface area is 451 Å². The minimum Gasteiger partial charge on any atom is -0.469 e. The second-order valence-corrected chi connectivity index (χ2v) is 20.8. The number of methoxy groups -OCH3 is 1. The maximum Gasteiger partial charge on any atom is 0.305 e. The molecule has 0 aliphatic rings. The summed E-state index contributed by atoms with van der Waals surface area (Å²) >= 11 is 3.37. The summed E-state index contributed by atoms with van der Waals surface area (Å²) in [5.74, 6) is -0.804. The SMILES string of the molecule is COC(=O)CCCCCNC(=O)[C@@H](CSC(c1ccccc1)(c1ccccc1)c1ccccc1)NC(=O)[C@@H](Cc1ccccc1)NC(=O)C[C@H](O)/C=C/CCSC(c1ccccc1)(c1ccccc1)c1ccccc1. The van der Waals surface area contributed by atoms with Gasteiger partial charge < -0.3 is 25.8 Å². The second-order valence-electron chi connectivity index (χ2n) is 18.3. The highest BCUT2D eigenvalue weighted by atomic mass is 32.2. The number of esters is 1. The number of ether oxygens (including phenoxy) is 1. The lowest BCUT2D eigenvalue weighted by molar-refractivity contribution is -0.140. The molecule has 3 atom stereocenters. The molecule has 0 bridgehead atoms. The van der Waals surface area contributed by atoms with Gasteiger partial charge in [-0.1, -0.05) is 231 Å². The van der Waals surface area contributed by atoms with E-state index in [4.69, 9.17) is 4.74 Å². The summed E-state index contributed by atoms with van der Waals surface area (Å²) < 4.78 is 3.52. The van der Waals surface area contributed by atoms with E-state index in [-0.39, 0.29) is 30.5 Å². The van der Waals surface area contributed by atoms with Crippen LogP contribution in [0.15, 0.2) is 224 Å². The molecule has 0 aliphatic heterocycles. The minimum absolute atomic E-state index is 0.150. The van der Waals surface area contributed by atoms with Crippen LogP contribution in [0.25, 0.3) is 0 Å². The third-order valence-corrected chi connectivity index (χ3v) is 16.3. The van der Waals surface area contributed by atoms with Crippen LogP contribution in [0, 0.1) is 0 Å². The summed E-state index contributed by atoms with van der Waals surface area (Å²) in [6, 6.07) is 69.2. The second kappa shape index (κ2) is 29.1. The topological polar surface area (TPSA) is 134 Å². The number of unbranched alkanes of at least 4 members (excludes halogenated alkanes) is 2. The summed E-state index contributed by atoms with van der Waals surface area (Å²) in [6.07, 6.45) is 5.19. The molecule has 0 radical (unpaired) electrons. The molecule has 11 heteroatoms. The molecule has 0 saturated heterocycles. The fourth-order valence-corrected chi connectivity index (χ4v) is 12.3. The molecule has 0 spiro atoms. The van der Waals surface area contributed by atoms with Gasteiger partial charge in [-0.15, -0.1) is 23.5 Å². The van der Waals surface area contributed by atoms with Crippen molar-refractivity contribution in [2.24, 2.45) is 0 Å². The number of amides is 3. The van der Waals surface area contributed by atoms with E-state index < -0.39 is 39.5 Å². The van der Waals surface area contributed by atoms with Crippen LogP contribution in [0.4, 0.5) is 0 Å². The summed E-state index contributed by atoms with van der Waals surface area (Å²) in [5, 5.41) is 20.3. The molecule has 0 heterocycles. The van der Waals surface area contributed by atoms with Crippen molar-refractivity contribution >= 4 is 47.2 Å². The Kier molecular flexibility index (Phi) is 21.5. The van der Waals surface area contributed by atoms with Gasteiger partial charge in [0.2, 0.25) is 17.7 Å². The third-order valence-electron chi connectivity index (χ3n) is 13.1. The van der Waals surface area contributed by atoms with Crippen molar-refractivity contribution in [3.05, 3.63) is 263 Å². The van der Waals surface area contributed by atoms with E-state index in [9.17, 15) is 24.3 Å². The Morgan fingerprint density at radius 1 is 0.533 bits per heavy atom. The molecule has 3 amide bonds. The van der Waals surface area contributed by atoms with E-state index in [1.807, 2.05) is 121 Å². The van der Waals surface area contributed by atoms with Gasteiger partial charge in [-0.25, -0.2) is 0 Å². The van der Waals surface area contributed by atoms with Crippen molar-refractivity contribution < 1.29 is 29.0 Å². The largest absolute Gasteiger partial charge is 0.469 e. The van der Waals surface area contributed by atoms with Crippen LogP contribution >= 0.6 is 23.5 Å². The summed E-state index contributed by atoms with van der Waals surface area (Å²) in [4.78, 5) is 54.7. The number of rotatable bonds is 28. The van der Waals surface area contributed by atoms with Crippen LogP contribution in [0.5, 0.6) is 0 Å². The number of benzene rings is 7. The van der Waals surface area contributed by atoms with Crippen molar-refractivity contribution in [1.82, 2.24) is 16.0 Å². The third kappa shape index (κ3) is 15.4. The number of carbonyl (C=O) groups is 4. The van der Waals surface area contributed by atoms with Crippen molar-refractivity contribution in [1.29, 1.82) is 0 Å². The number of allylic oxidation sites excluding steroid dienone is 1. The number of nitrogens with one attached hydrogen (secondary N) is 3. The van der Waals surface area contributed by atoms with E-state index in [1.54, 1.807) is 17.8 Å². The van der Waals surface area contributed by atoms with Crippen molar-refractivity contribution in [2.45, 2.75) is 72.6 Å². The molecular formula is C64H67N3O6S2. The number of aliphatic hydroxyl groups is 1. The van der Waals surface area contributed by atoms with Gasteiger partial charge in [0.15, 0.2) is 0 Å². The van der Waals surface area contributed by atoms with Crippen molar-refractivity contribution in [2.75, 3.05) is 25.2 Å². The monoisotopic (exact) mass is 1040 g/mol. The molecule has 0 aromatic heterocycles. The first kappa shape index (κ1) is 55.6. The molecule has 9 nitrogen and oxygen atoms in total. The predicted octanol–water partition coefficient (Wildman–Crippen LogP) is 11.2. The molecule has 386 valence electrons. The Morgan fingerprint density at radius 2 is 0.960 bits per heavy atom. The quantitative estimate of drug-likeness (QED) is 0.0165. The van der Waals surface area contributed by atoms with Crippen molar-refractivity contribution in [3.63, 3.8) is 0 Å². The fraction of sp³-hybridized carbons (Fsp3) is 0.250. The summed E-state index contributed by atoms with van der Waals surface area (Å²) in [7, 11) is 1.37. The van der Waals surface area contributed by atoms with Gasteiger partial charge in [0.05, 0.1) is 29.1 Å². The van der Waals surface area contributed by atoms with E-state index in [2.05, 4.69) is 125 Å². The molecule has 0 unspecified atom stereocenters. The highest BCUT2D eigenvalue weighted by molar-refractivity contribution is 8.00. The van der Waals surface area contributed by atoms with Gasteiger partial charge in [0.1, 0.15) is 12.1 Å². The average Bonchev–Trinajstić information content (AvgIpc) is 3.46. The standard InChI is InChI=1S/C64H67N3O6S2/c1-73-60(70)43-24-9-26-44-65-61(71)58(48-75-64(53-36-18-6-19-37-53,54-38-20-7-21-39-54)55-40-22-8-23-41-55)67-62(72)57(46-49-28-10-2-11-29-49)66-59(69)47-56(68)42-25-27-45-74-63(50-30-12-3-13-31-50,51-32-14-4-15-33-51)52-34-16-5-17-35-52/h2-8,10-23,25,28-42,56-58,68H,9,24,26-27,43-48H2,1H3,(H,65,71)(H,66,69)(H,67,72)/b42-25+/t56-,57-,58-/m1/s1. The van der Waals surface area contributed by atoms with Crippen LogP contribution in [-0.2, 0) is 39.8 Å². The van der Waals surface area contributed by atoms with Gasteiger partial charge in [0.25, 0.3) is 0 Å². The van der Waals surface area contributed by atoms with Crippen LogP contribution in [0.1, 0.15) is 77.5 Å². The minimum atomic E-state index is -1.11. The first-order chi connectivity index (χ1) is 36.7. The van der Waals surface area contributed by atoms with Gasteiger partial charge >= 0.3 is 5.97 Å². The summed E-state index contributed by atoms with van der Waals surface area (Å²) in [5.41, 5.74) is 7.31. The highest BCUT2D eigenvalue weighted by Crippen LogP contribution is 2.50. The molecule has 7 rings (SSSR count). The highest BCUT2D eigenvalue weighted by Gasteiger charge is 2.40. The number of thioether (sulfide) groups is 2. The Hall–Kier alpha value is -7.18. The normalized spacial score (nSPS) is 12.8. The molecule has 75 heavy (non-hydrogen) atoms. The zero-order valence-corrected chi connectivity index (χ0v) is 44.1. The van der Waals surface area contributed by atoms with Crippen molar-refractivity contribution in [3.8, 4) is 0 Å². The van der Waals surface area contributed by atoms with Crippen LogP contribution < -0.4 is 16.0 Å². The number of aliphatic hydroxyl groups excluding tert-OH is 1. The van der Waals surface area contributed by atoms with E-state index in [0.29, 0.717) is 38.6 Å². The van der Waals surface area contributed by atoms with E-state index in [0.717, 1.165) is 44.7 Å². The molecule has 0 fully saturated rings. The zero-order chi connectivity index (χ0) is 52.6. The first-order valence-electron chi connectivity index (χ1n) is 25.7. The smallest absolute Gasteiger partial charge is 0.305 e. The predicted molar refractivity (Wildman–Crippen MR) is 305 cm³/mol. The van der Waals surface area contributed by atoms with Gasteiger partial charge in [-0.05, 0) is 64.0 Å². The zero-order valence-electron chi connectivity index (χ0n) is 42.5. The first-order valence-corrected chi connectivity index (χ1v) is 27.6. The van der Waals surface area contributed by atoms with E-state index in [1.165, 1.54) is 7.11 Å². The lowest BCUT2D eigenvalue weighted by atomic mass is 9.84. The van der Waals surface area contributed by atoms with Gasteiger partial charge in [0, 0.05) is 25.1 Å². The van der Waals surface area contributed by atoms with Gasteiger partial charge in [-0.2, -0.15) is 0 Å². The fourth-order valence-electron chi connectivity index (χ4n) is 9.31. The lowest BCUT2D eigenvalue weighted by Gasteiger charge is -2.36. The van der Waals surface area contributed by atoms with Gasteiger partial charge in [-0.3, -0.25) is 19.2 Å². The number of hydrogen-bond donors (Lipinski definition) is 4. The Morgan fingerprint density at radius 3 is 1.40 bits per heavy atom. The average molecular weight is 1040 g/mol. The number of hydrogen-bond acceptors (Lipinski definition) is 8. The van der Waals surface area contributed by atoms with Crippen LogP contribution in [-0.4, -0.2) is 72.1 Å². The maximum absolute atomic E-state index is 14.7. The van der Waals surface area contributed by atoms with Crippen LogP contribution in [0.3, 0.4) is 0 Å². The Bertz CT molecular complexity index is 2650. The summed E-state index contributed by atoms with van der Waals surface area (Å²) in [6.45, 7) is 0.334. The molecule has 0 saturated carbocycles. The van der Waals surface area contributed by atoms with E-state index >= 15 is 0 Å². The number of carbonyl (C=O) groups excluding carboxylic acids is 4. The maximum atomic E-state index is 14.7. The molecule has 7 aromatic carbocycles. The molecule has 7 aromatic rings. The molecule has 0 aliphatic carbocycles. The Balaban J connectivity index is 1.07. The molecular weight excluding hydrogens is 971 g/mol. The van der Waals surface area contributed by atoms with Crippen LogP contribution in [0.2, 0.25) is 0 Å². The molecule has 4 N–H and O–H groups in total.